The molecule has 0 spiro atoms. The van der Waals surface area contributed by atoms with E-state index in [0.717, 1.165) is 62.5 Å². The molecule has 4 unspecified atom stereocenters. The van der Waals surface area contributed by atoms with Crippen LogP contribution in [-0.2, 0) is 4.79 Å². The van der Waals surface area contributed by atoms with E-state index in [2.05, 4.69) is 101 Å². The highest BCUT2D eigenvalue weighted by molar-refractivity contribution is 8.00. The van der Waals surface area contributed by atoms with Gasteiger partial charge in [0.1, 0.15) is 0 Å². The predicted molar refractivity (Wildman–Crippen MR) is 161 cm³/mol. The lowest BCUT2D eigenvalue weighted by Crippen LogP contribution is -2.54. The predicted octanol–water partition coefficient (Wildman–Crippen LogP) is 5.23. The summed E-state index contributed by atoms with van der Waals surface area (Å²) in [5, 5.41) is 9.52. The van der Waals surface area contributed by atoms with Gasteiger partial charge in [0.05, 0.1) is 6.04 Å². The average molecular weight is 532 g/mol. The average Bonchev–Trinajstić information content (AvgIpc) is 2.82. The molecule has 0 fully saturated rings. The topological polar surface area (TPSA) is 91.5 Å². The first-order valence-corrected chi connectivity index (χ1v) is 15.0. The Morgan fingerprint density at radius 2 is 1.69 bits per heavy atom. The molecule has 0 aromatic heterocycles. The summed E-state index contributed by atoms with van der Waals surface area (Å²) in [5.74, 6) is 2.67. The number of nitrogens with two attached hydrogens (primary N) is 1. The van der Waals surface area contributed by atoms with Crippen LogP contribution in [0.1, 0.15) is 100 Å². The summed E-state index contributed by atoms with van der Waals surface area (Å²) in [6.45, 7) is 19.0. The highest BCUT2D eigenvalue weighted by Crippen LogP contribution is 2.45. The second kappa shape index (κ2) is 15.6. The van der Waals surface area contributed by atoms with Crippen LogP contribution in [0.2, 0.25) is 0 Å². The van der Waals surface area contributed by atoms with E-state index in [-0.39, 0.29) is 27.0 Å². The second-order valence-corrected chi connectivity index (χ2v) is 13.7. The maximum Gasteiger partial charge on any atom is 0.237 e. The Morgan fingerprint density at radius 1 is 1.06 bits per heavy atom. The molecule has 0 aliphatic carbocycles. The van der Waals surface area contributed by atoms with Crippen LogP contribution in [-0.4, -0.2) is 60.3 Å². The van der Waals surface area contributed by atoms with E-state index in [1.54, 1.807) is 7.05 Å². The zero-order valence-electron chi connectivity index (χ0n) is 24.4. The summed E-state index contributed by atoms with van der Waals surface area (Å²) in [6, 6.07) is -0.506. The molecule has 0 aliphatic rings. The van der Waals surface area contributed by atoms with Gasteiger partial charge in [-0.2, -0.15) is 24.4 Å². The number of aliphatic imine (C=N–C) groups is 1. The summed E-state index contributed by atoms with van der Waals surface area (Å²) in [5.41, 5.74) is 6.34. The largest absolute Gasteiger partial charge is 0.359 e. The Kier molecular flexibility index (Phi) is 15.3. The molecule has 0 saturated heterocycles. The lowest BCUT2D eigenvalue weighted by Gasteiger charge is -2.43. The molecule has 0 aliphatic heterocycles. The van der Waals surface area contributed by atoms with Crippen molar-refractivity contribution < 1.29 is 4.79 Å². The van der Waals surface area contributed by atoms with Gasteiger partial charge in [-0.05, 0) is 74.2 Å². The number of thiol groups is 1. The van der Waals surface area contributed by atoms with Crippen LogP contribution in [0, 0.1) is 10.8 Å². The van der Waals surface area contributed by atoms with Crippen molar-refractivity contribution >= 4 is 36.3 Å². The van der Waals surface area contributed by atoms with Gasteiger partial charge in [0, 0.05) is 30.9 Å². The Hall–Kier alpha value is -0.600. The van der Waals surface area contributed by atoms with E-state index in [9.17, 15) is 4.79 Å². The van der Waals surface area contributed by atoms with Crippen LogP contribution in [0.25, 0.3) is 0 Å². The van der Waals surface area contributed by atoms with Crippen LogP contribution in [0.15, 0.2) is 4.99 Å². The molecule has 4 atom stereocenters. The van der Waals surface area contributed by atoms with E-state index >= 15 is 0 Å². The number of thioether (sulfide) groups is 1. The van der Waals surface area contributed by atoms with Gasteiger partial charge in [0.25, 0.3) is 0 Å². The Morgan fingerprint density at radius 3 is 2.14 bits per heavy atom. The number of amides is 1. The van der Waals surface area contributed by atoms with Gasteiger partial charge in [0.2, 0.25) is 5.91 Å². The standard InChI is InChI=1S/C27H57N5OS2/c1-11-25(6,20-35-27(8,13-3)17-24(4,5)19-34)18-26(7,12-2)32-22(33)21(28)15-14-16-31-23(29-9)30-10/h21,34H,11-20,28H2,1-10H3,(H,32,33)(H2,29,30,31). The van der Waals surface area contributed by atoms with Crippen molar-refractivity contribution in [3.8, 4) is 0 Å². The fourth-order valence-corrected chi connectivity index (χ4v) is 6.31. The third kappa shape index (κ3) is 13.0. The Labute approximate surface area is 227 Å². The first-order chi connectivity index (χ1) is 16.2. The first-order valence-electron chi connectivity index (χ1n) is 13.4. The van der Waals surface area contributed by atoms with E-state index in [4.69, 9.17) is 5.73 Å². The molecule has 0 bridgehead atoms. The highest BCUT2D eigenvalue weighted by Gasteiger charge is 2.38. The summed E-state index contributed by atoms with van der Waals surface area (Å²) >= 11 is 6.69. The van der Waals surface area contributed by atoms with Crippen molar-refractivity contribution in [2.24, 2.45) is 21.6 Å². The lowest BCUT2D eigenvalue weighted by atomic mass is 9.76. The third-order valence-corrected chi connectivity index (χ3v) is 10.3. The molecule has 8 heteroatoms. The molecule has 0 aromatic rings. The molecule has 5 N–H and O–H groups in total. The minimum Gasteiger partial charge on any atom is -0.359 e. The van der Waals surface area contributed by atoms with Crippen molar-refractivity contribution in [2.75, 3.05) is 32.1 Å². The Balaban J connectivity index is 5.08. The number of hydrogen-bond donors (Lipinski definition) is 5. The smallest absolute Gasteiger partial charge is 0.237 e. The molecule has 0 saturated carbocycles. The van der Waals surface area contributed by atoms with Crippen molar-refractivity contribution in [3.05, 3.63) is 0 Å². The van der Waals surface area contributed by atoms with Crippen molar-refractivity contribution in [3.63, 3.8) is 0 Å². The minimum atomic E-state index is -0.506. The maximum absolute atomic E-state index is 13.0. The number of carbonyl (C=O) groups excluding carboxylic acids is 1. The molecule has 0 heterocycles. The zero-order valence-corrected chi connectivity index (χ0v) is 26.1. The van der Waals surface area contributed by atoms with Crippen LogP contribution in [0.5, 0.6) is 0 Å². The van der Waals surface area contributed by atoms with Gasteiger partial charge in [-0.3, -0.25) is 9.79 Å². The summed E-state index contributed by atoms with van der Waals surface area (Å²) in [6.07, 6.45) is 6.62. The van der Waals surface area contributed by atoms with E-state index < -0.39 is 6.04 Å². The van der Waals surface area contributed by atoms with Gasteiger partial charge in [-0.25, -0.2) is 0 Å². The van der Waals surface area contributed by atoms with Crippen LogP contribution >= 0.6 is 24.4 Å². The quantitative estimate of drug-likeness (QED) is 0.0767. The molecular formula is C27H57N5OS2. The van der Waals surface area contributed by atoms with Gasteiger partial charge >= 0.3 is 0 Å². The molecule has 1 amide bonds. The van der Waals surface area contributed by atoms with Gasteiger partial charge in [0.15, 0.2) is 5.96 Å². The number of nitrogens with zero attached hydrogens (tertiary/aromatic N) is 1. The molecule has 0 rings (SSSR count). The third-order valence-electron chi connectivity index (χ3n) is 7.45. The summed E-state index contributed by atoms with van der Waals surface area (Å²) < 4.78 is 0.223. The van der Waals surface area contributed by atoms with Crippen molar-refractivity contribution in [2.45, 2.75) is 117 Å². The fourth-order valence-electron chi connectivity index (χ4n) is 4.50. The van der Waals surface area contributed by atoms with E-state index in [1.165, 1.54) is 0 Å². The van der Waals surface area contributed by atoms with Crippen molar-refractivity contribution in [1.82, 2.24) is 16.0 Å². The normalized spacial score (nSPS) is 18.7. The van der Waals surface area contributed by atoms with Gasteiger partial charge < -0.3 is 21.7 Å². The van der Waals surface area contributed by atoms with Crippen LogP contribution in [0.4, 0.5) is 0 Å². The van der Waals surface area contributed by atoms with Gasteiger partial charge in [-0.15, -0.1) is 0 Å². The molecule has 35 heavy (non-hydrogen) atoms. The van der Waals surface area contributed by atoms with Gasteiger partial charge in [-0.1, -0.05) is 48.5 Å². The summed E-state index contributed by atoms with van der Waals surface area (Å²) in [4.78, 5) is 17.1. The van der Waals surface area contributed by atoms with E-state index in [0.29, 0.717) is 6.42 Å². The highest BCUT2D eigenvalue weighted by atomic mass is 32.2. The molecular weight excluding hydrogens is 474 g/mol. The number of guanidine groups is 1. The van der Waals surface area contributed by atoms with Crippen LogP contribution < -0.4 is 21.7 Å². The molecule has 0 aromatic carbocycles. The van der Waals surface area contributed by atoms with Crippen LogP contribution in [0.3, 0.4) is 0 Å². The number of rotatable bonds is 17. The Bertz CT molecular complexity index is 659. The fraction of sp³-hybridized carbons (Fsp3) is 0.926. The number of hydrogen-bond acceptors (Lipinski definition) is 5. The number of carbonyl (C=O) groups is 1. The number of nitrogens with one attached hydrogen (secondary N) is 3. The van der Waals surface area contributed by atoms with E-state index in [1.807, 2.05) is 7.05 Å². The second-order valence-electron chi connectivity index (χ2n) is 11.8. The monoisotopic (exact) mass is 531 g/mol. The molecule has 208 valence electrons. The SMILES string of the molecule is CCC(C)(CSC(C)(CC)CC(C)(C)CS)CC(C)(CC)NC(=O)C(N)CCCNC(=NC)NC. The maximum atomic E-state index is 13.0. The first kappa shape index (κ1) is 34.4. The zero-order chi connectivity index (χ0) is 27.3. The minimum absolute atomic E-state index is 0.0487. The summed E-state index contributed by atoms with van der Waals surface area (Å²) in [7, 11) is 3.56. The molecule has 6 nitrogen and oxygen atoms in total. The lowest BCUT2D eigenvalue weighted by molar-refractivity contribution is -0.124. The molecule has 0 radical (unpaired) electrons. The van der Waals surface area contributed by atoms with Crippen molar-refractivity contribution in [1.29, 1.82) is 0 Å².